The minimum Gasteiger partial charge on any atom is -0.364 e. The molecule has 0 atom stereocenters. The van der Waals surface area contributed by atoms with Gasteiger partial charge in [0.2, 0.25) is 0 Å². The molecule has 0 aliphatic rings. The molecule has 4 nitrogen and oxygen atoms in total. The Morgan fingerprint density at radius 3 is 2.82 bits per heavy atom. The minimum absolute atomic E-state index is 0.0984. The summed E-state index contributed by atoms with van der Waals surface area (Å²) in [6.07, 6.45) is 2.46. The Bertz CT molecular complexity index is 526. The number of amides is 1. The van der Waals surface area contributed by atoms with E-state index in [0.717, 1.165) is 12.1 Å². The molecule has 17 heavy (non-hydrogen) atoms. The molecular formula is C11H8F2N2O2. The van der Waals surface area contributed by atoms with Crippen LogP contribution in [-0.2, 0) is 6.54 Å². The highest BCUT2D eigenvalue weighted by atomic mass is 19.2. The van der Waals surface area contributed by atoms with Crippen LogP contribution >= 0.6 is 0 Å². The predicted octanol–water partition coefficient (Wildman–Crippen LogP) is 1.88. The molecule has 1 N–H and O–H groups in total. The predicted molar refractivity (Wildman–Crippen MR) is 54.0 cm³/mol. The van der Waals surface area contributed by atoms with Crippen molar-refractivity contribution in [3.8, 4) is 0 Å². The molecule has 0 aliphatic heterocycles. The highest BCUT2D eigenvalue weighted by Gasteiger charge is 2.08. The quantitative estimate of drug-likeness (QED) is 0.888. The lowest BCUT2D eigenvalue weighted by Crippen LogP contribution is -2.22. The van der Waals surface area contributed by atoms with E-state index in [-0.39, 0.29) is 12.1 Å². The first-order valence-corrected chi connectivity index (χ1v) is 4.78. The van der Waals surface area contributed by atoms with Crippen molar-refractivity contribution in [1.29, 1.82) is 0 Å². The third kappa shape index (κ3) is 2.66. The van der Waals surface area contributed by atoms with Gasteiger partial charge in [-0.15, -0.1) is 0 Å². The second-order valence-electron chi connectivity index (χ2n) is 3.34. The van der Waals surface area contributed by atoms with Gasteiger partial charge in [0.05, 0.1) is 11.8 Å². The van der Waals surface area contributed by atoms with Crippen LogP contribution < -0.4 is 5.32 Å². The number of carbonyl (C=O) groups is 1. The summed E-state index contributed by atoms with van der Waals surface area (Å²) in [5.41, 5.74) is 0.737. The summed E-state index contributed by atoms with van der Waals surface area (Å²) in [5.74, 6) is -2.25. The van der Waals surface area contributed by atoms with Crippen molar-refractivity contribution in [1.82, 2.24) is 10.5 Å². The summed E-state index contributed by atoms with van der Waals surface area (Å²) >= 11 is 0. The van der Waals surface area contributed by atoms with Gasteiger partial charge in [0.25, 0.3) is 5.91 Å². The molecule has 0 saturated heterocycles. The Balaban J connectivity index is 1.98. The zero-order chi connectivity index (χ0) is 12.3. The van der Waals surface area contributed by atoms with Gasteiger partial charge in [0, 0.05) is 6.54 Å². The van der Waals surface area contributed by atoms with Crippen molar-refractivity contribution < 1.29 is 18.1 Å². The van der Waals surface area contributed by atoms with E-state index < -0.39 is 17.5 Å². The molecule has 1 aromatic carbocycles. The Hall–Kier alpha value is -2.24. The van der Waals surface area contributed by atoms with Crippen LogP contribution in [0.1, 0.15) is 15.9 Å². The molecule has 2 aromatic rings. The van der Waals surface area contributed by atoms with Crippen LogP contribution in [0, 0.1) is 11.6 Å². The molecule has 6 heteroatoms. The Morgan fingerprint density at radius 1 is 1.35 bits per heavy atom. The summed E-state index contributed by atoms with van der Waals surface area (Å²) in [6, 6.07) is 3.44. The van der Waals surface area contributed by atoms with Gasteiger partial charge >= 0.3 is 0 Å². The fourth-order valence-corrected chi connectivity index (χ4v) is 1.25. The molecule has 2 rings (SSSR count). The monoisotopic (exact) mass is 238 g/mol. The van der Waals surface area contributed by atoms with Crippen molar-refractivity contribution in [2.24, 2.45) is 0 Å². The van der Waals surface area contributed by atoms with Gasteiger partial charge in [-0.05, 0) is 17.7 Å². The van der Waals surface area contributed by atoms with Crippen LogP contribution in [-0.4, -0.2) is 11.1 Å². The maximum atomic E-state index is 12.9. The first-order valence-electron chi connectivity index (χ1n) is 4.78. The lowest BCUT2D eigenvalue weighted by atomic mass is 10.2. The molecule has 1 amide bonds. The van der Waals surface area contributed by atoms with Crippen LogP contribution in [0.2, 0.25) is 0 Å². The van der Waals surface area contributed by atoms with Gasteiger partial charge < -0.3 is 9.84 Å². The summed E-state index contributed by atoms with van der Waals surface area (Å²) in [5, 5.41) is 5.90. The summed E-state index contributed by atoms with van der Waals surface area (Å²) < 4.78 is 30.0. The number of carbonyl (C=O) groups excluding carboxylic acids is 1. The lowest BCUT2D eigenvalue weighted by Gasteiger charge is -2.03. The summed E-state index contributed by atoms with van der Waals surface area (Å²) in [6.45, 7) is 0.0984. The normalized spacial score (nSPS) is 10.2. The fourth-order valence-electron chi connectivity index (χ4n) is 1.25. The Morgan fingerprint density at radius 2 is 2.18 bits per heavy atom. The first kappa shape index (κ1) is 11.3. The van der Waals surface area contributed by atoms with Gasteiger partial charge in [0.15, 0.2) is 11.6 Å². The van der Waals surface area contributed by atoms with E-state index in [4.69, 9.17) is 0 Å². The van der Waals surface area contributed by atoms with Crippen LogP contribution in [0.25, 0.3) is 0 Å². The number of halogens is 2. The number of hydrogen-bond acceptors (Lipinski definition) is 3. The van der Waals surface area contributed by atoms with E-state index in [0.29, 0.717) is 5.56 Å². The van der Waals surface area contributed by atoms with E-state index in [2.05, 4.69) is 15.0 Å². The van der Waals surface area contributed by atoms with Gasteiger partial charge in [-0.2, -0.15) is 0 Å². The van der Waals surface area contributed by atoms with E-state index in [1.54, 1.807) is 0 Å². The fraction of sp³-hybridized carbons (Fsp3) is 0.0909. The summed E-state index contributed by atoms with van der Waals surface area (Å²) in [4.78, 5) is 11.5. The first-order chi connectivity index (χ1) is 8.16. The molecule has 0 unspecified atom stereocenters. The second kappa shape index (κ2) is 4.73. The van der Waals surface area contributed by atoms with Crippen LogP contribution in [0.15, 0.2) is 35.2 Å². The van der Waals surface area contributed by atoms with Crippen molar-refractivity contribution in [2.75, 3.05) is 0 Å². The molecule has 0 radical (unpaired) electrons. The SMILES string of the molecule is O=C(NCc1ccc(F)c(F)c1)c1cnoc1. The maximum Gasteiger partial charge on any atom is 0.256 e. The molecule has 1 heterocycles. The minimum atomic E-state index is -0.943. The van der Waals surface area contributed by atoms with Crippen molar-refractivity contribution in [3.63, 3.8) is 0 Å². The molecule has 0 saturated carbocycles. The smallest absolute Gasteiger partial charge is 0.256 e. The number of rotatable bonds is 3. The zero-order valence-corrected chi connectivity index (χ0v) is 8.61. The van der Waals surface area contributed by atoms with E-state index >= 15 is 0 Å². The highest BCUT2D eigenvalue weighted by molar-refractivity contribution is 5.93. The molecule has 88 valence electrons. The van der Waals surface area contributed by atoms with E-state index in [1.807, 2.05) is 0 Å². The maximum absolute atomic E-state index is 12.9. The number of nitrogens with one attached hydrogen (secondary N) is 1. The average molecular weight is 238 g/mol. The second-order valence-corrected chi connectivity index (χ2v) is 3.34. The van der Waals surface area contributed by atoms with Crippen LogP contribution in [0.5, 0.6) is 0 Å². The largest absolute Gasteiger partial charge is 0.364 e. The van der Waals surface area contributed by atoms with Gasteiger partial charge in [-0.3, -0.25) is 4.79 Å². The number of aromatic nitrogens is 1. The molecule has 1 aromatic heterocycles. The third-order valence-corrected chi connectivity index (χ3v) is 2.13. The van der Waals surface area contributed by atoms with Crippen LogP contribution in [0.3, 0.4) is 0 Å². The number of hydrogen-bond donors (Lipinski definition) is 1. The third-order valence-electron chi connectivity index (χ3n) is 2.13. The average Bonchev–Trinajstić information content (AvgIpc) is 2.84. The van der Waals surface area contributed by atoms with Crippen LogP contribution in [0.4, 0.5) is 8.78 Å². The van der Waals surface area contributed by atoms with Crippen molar-refractivity contribution in [3.05, 3.63) is 53.4 Å². The van der Waals surface area contributed by atoms with E-state index in [1.165, 1.54) is 18.5 Å². The molecule has 0 bridgehead atoms. The molecular weight excluding hydrogens is 230 g/mol. The Kier molecular flexibility index (Phi) is 3.13. The molecule has 0 fully saturated rings. The summed E-state index contributed by atoms with van der Waals surface area (Å²) in [7, 11) is 0. The number of benzene rings is 1. The zero-order valence-electron chi connectivity index (χ0n) is 8.61. The standard InChI is InChI=1S/C11H8F2N2O2/c12-9-2-1-7(3-10(9)13)4-14-11(16)8-5-15-17-6-8/h1-3,5-6H,4H2,(H,14,16). The molecule has 0 spiro atoms. The molecule has 0 aliphatic carbocycles. The van der Waals surface area contributed by atoms with Gasteiger partial charge in [-0.1, -0.05) is 11.2 Å². The van der Waals surface area contributed by atoms with E-state index in [9.17, 15) is 13.6 Å². The van der Waals surface area contributed by atoms with Gasteiger partial charge in [-0.25, -0.2) is 8.78 Å². The van der Waals surface area contributed by atoms with Crippen molar-refractivity contribution in [2.45, 2.75) is 6.54 Å². The topological polar surface area (TPSA) is 55.1 Å². The Labute approximate surface area is 95.2 Å². The van der Waals surface area contributed by atoms with Gasteiger partial charge in [0.1, 0.15) is 6.26 Å². The lowest BCUT2D eigenvalue weighted by molar-refractivity contribution is 0.0950. The van der Waals surface area contributed by atoms with Crippen molar-refractivity contribution >= 4 is 5.91 Å². The number of nitrogens with zero attached hydrogens (tertiary/aromatic N) is 1. The highest BCUT2D eigenvalue weighted by Crippen LogP contribution is 2.08.